The van der Waals surface area contributed by atoms with Gasteiger partial charge >= 0.3 is 6.03 Å². The Bertz CT molecular complexity index is 1220. The zero-order valence-corrected chi connectivity index (χ0v) is 17.0. The molecule has 29 heavy (non-hydrogen) atoms. The normalized spacial score (nSPS) is 11.4. The molecule has 2 aromatic heterocycles. The molecule has 0 saturated heterocycles. The summed E-state index contributed by atoms with van der Waals surface area (Å²) in [6.07, 6.45) is 0. The Morgan fingerprint density at radius 2 is 1.76 bits per heavy atom. The monoisotopic (exact) mass is 407 g/mol. The van der Waals surface area contributed by atoms with Crippen molar-refractivity contribution in [1.82, 2.24) is 25.0 Å². The molecule has 0 saturated carbocycles. The van der Waals surface area contributed by atoms with Crippen LogP contribution in [0.3, 0.4) is 0 Å². The average Bonchev–Trinajstić information content (AvgIpc) is 3.10. The largest absolute Gasteiger partial charge is 0.338 e. The second-order valence-electron chi connectivity index (χ2n) is 7.11. The van der Waals surface area contributed by atoms with Crippen LogP contribution >= 0.6 is 11.8 Å². The van der Waals surface area contributed by atoms with Gasteiger partial charge < -0.3 is 5.32 Å². The molecule has 0 atom stereocenters. The number of para-hydroxylation sites is 3. The second kappa shape index (κ2) is 8.08. The number of rotatable bonds is 5. The lowest BCUT2D eigenvalue weighted by molar-refractivity contribution is -0.117. The number of aromatic nitrogens is 3. The molecule has 0 bridgehead atoms. The number of fused-ring (bicyclic) bond motifs is 5. The number of hydrogen-bond donors (Lipinski definition) is 2. The van der Waals surface area contributed by atoms with Crippen molar-refractivity contribution in [3.63, 3.8) is 0 Å². The molecule has 0 fully saturated rings. The molecule has 4 rings (SSSR count). The van der Waals surface area contributed by atoms with E-state index >= 15 is 0 Å². The van der Waals surface area contributed by atoms with Gasteiger partial charge in [-0.1, -0.05) is 49.9 Å². The van der Waals surface area contributed by atoms with Crippen LogP contribution in [0.1, 0.15) is 13.8 Å². The molecule has 2 N–H and O–H groups in total. The molecule has 148 valence electrons. The van der Waals surface area contributed by atoms with E-state index in [1.54, 1.807) is 0 Å². The van der Waals surface area contributed by atoms with E-state index in [1.165, 1.54) is 11.8 Å². The van der Waals surface area contributed by atoms with Gasteiger partial charge in [0.2, 0.25) is 5.91 Å². The number of imide groups is 1. The number of thioether (sulfide) groups is 1. The van der Waals surface area contributed by atoms with Gasteiger partial charge in [-0.3, -0.25) is 14.5 Å². The molecule has 2 aromatic carbocycles. The van der Waals surface area contributed by atoms with Crippen molar-refractivity contribution in [2.75, 3.05) is 12.3 Å². The second-order valence-corrected chi connectivity index (χ2v) is 8.05. The highest BCUT2D eigenvalue weighted by atomic mass is 32.2. The molecule has 2 heterocycles. The van der Waals surface area contributed by atoms with E-state index in [0.29, 0.717) is 17.6 Å². The van der Waals surface area contributed by atoms with Crippen molar-refractivity contribution in [2.24, 2.45) is 5.92 Å². The maximum absolute atomic E-state index is 12.2. The number of amides is 3. The Morgan fingerprint density at radius 3 is 2.55 bits per heavy atom. The number of nitrogens with zero attached hydrogens (tertiary/aromatic N) is 3. The van der Waals surface area contributed by atoms with Gasteiger partial charge in [0.25, 0.3) is 0 Å². The van der Waals surface area contributed by atoms with E-state index in [4.69, 9.17) is 9.97 Å². The first-order valence-electron chi connectivity index (χ1n) is 9.39. The van der Waals surface area contributed by atoms with Crippen LogP contribution in [0.5, 0.6) is 0 Å². The SMILES string of the molecule is CC(C)CNC(=O)NC(=O)CSc1nc2ccccc2c2nc3ccccc3n12. The van der Waals surface area contributed by atoms with Gasteiger partial charge in [-0.2, -0.15) is 0 Å². The third kappa shape index (κ3) is 4.02. The minimum atomic E-state index is -0.478. The first-order valence-corrected chi connectivity index (χ1v) is 10.4. The zero-order valence-electron chi connectivity index (χ0n) is 16.2. The van der Waals surface area contributed by atoms with Gasteiger partial charge in [-0.05, 0) is 30.2 Å². The molecular weight excluding hydrogens is 386 g/mol. The van der Waals surface area contributed by atoms with Gasteiger partial charge in [-0.25, -0.2) is 14.8 Å². The number of nitrogens with one attached hydrogen (secondary N) is 2. The summed E-state index contributed by atoms with van der Waals surface area (Å²) in [7, 11) is 0. The van der Waals surface area contributed by atoms with Crippen LogP contribution in [-0.4, -0.2) is 38.6 Å². The fraction of sp³-hybridized carbons (Fsp3) is 0.238. The van der Waals surface area contributed by atoms with Crippen LogP contribution in [-0.2, 0) is 4.79 Å². The Balaban J connectivity index is 1.63. The highest BCUT2D eigenvalue weighted by Crippen LogP contribution is 2.28. The summed E-state index contributed by atoms with van der Waals surface area (Å²) in [4.78, 5) is 33.5. The first-order chi connectivity index (χ1) is 14.0. The maximum atomic E-state index is 12.2. The van der Waals surface area contributed by atoms with Gasteiger partial charge in [0.15, 0.2) is 5.16 Å². The lowest BCUT2D eigenvalue weighted by Crippen LogP contribution is -2.41. The highest BCUT2D eigenvalue weighted by Gasteiger charge is 2.16. The quantitative estimate of drug-likeness (QED) is 0.390. The summed E-state index contributed by atoms with van der Waals surface area (Å²) in [5.74, 6) is 0.0146. The Morgan fingerprint density at radius 1 is 1.03 bits per heavy atom. The van der Waals surface area contributed by atoms with Gasteiger partial charge in [0, 0.05) is 11.9 Å². The molecule has 7 nitrogen and oxygen atoms in total. The van der Waals surface area contributed by atoms with E-state index in [9.17, 15) is 9.59 Å². The van der Waals surface area contributed by atoms with E-state index in [-0.39, 0.29) is 11.7 Å². The smallest absolute Gasteiger partial charge is 0.321 e. The fourth-order valence-electron chi connectivity index (χ4n) is 3.04. The average molecular weight is 407 g/mol. The fourth-order valence-corrected chi connectivity index (χ4v) is 3.85. The summed E-state index contributed by atoms with van der Waals surface area (Å²) in [5.41, 5.74) is 3.41. The molecule has 0 aliphatic rings. The Labute approximate surface area is 171 Å². The van der Waals surface area contributed by atoms with E-state index in [0.717, 1.165) is 27.6 Å². The number of hydrogen-bond acceptors (Lipinski definition) is 5. The summed E-state index contributed by atoms with van der Waals surface area (Å²) >= 11 is 1.28. The predicted octanol–water partition coefficient (Wildman–Crippen LogP) is 3.61. The van der Waals surface area contributed by atoms with Gasteiger partial charge in [0.1, 0.15) is 5.65 Å². The third-order valence-electron chi connectivity index (χ3n) is 4.37. The third-order valence-corrected chi connectivity index (χ3v) is 5.31. The maximum Gasteiger partial charge on any atom is 0.321 e. The Kier molecular flexibility index (Phi) is 5.35. The Hall–Kier alpha value is -3.13. The van der Waals surface area contributed by atoms with Crippen LogP contribution in [0, 0.1) is 5.92 Å². The summed E-state index contributed by atoms with van der Waals surface area (Å²) in [5, 5.41) is 6.64. The molecule has 8 heteroatoms. The minimum Gasteiger partial charge on any atom is -0.338 e. The summed E-state index contributed by atoms with van der Waals surface area (Å²) < 4.78 is 1.97. The number of imidazole rings is 1. The molecule has 0 radical (unpaired) electrons. The number of benzene rings is 2. The first kappa shape index (κ1) is 19.2. The van der Waals surface area contributed by atoms with E-state index in [1.807, 2.05) is 66.8 Å². The predicted molar refractivity (Wildman–Crippen MR) is 115 cm³/mol. The number of carbonyl (C=O) groups excluding carboxylic acids is 2. The van der Waals surface area contributed by atoms with Crippen molar-refractivity contribution in [3.8, 4) is 0 Å². The molecular formula is C21H21N5O2S. The van der Waals surface area contributed by atoms with Crippen molar-refractivity contribution in [2.45, 2.75) is 19.0 Å². The van der Waals surface area contributed by atoms with Gasteiger partial charge in [0.05, 0.1) is 22.3 Å². The van der Waals surface area contributed by atoms with E-state index < -0.39 is 6.03 Å². The standard InChI is InChI=1S/C21H21N5O2S/c1-13(2)11-22-20(28)25-18(27)12-29-21-24-15-8-4-3-7-14(15)19-23-16-9-5-6-10-17(16)26(19)21/h3-10,13H,11-12H2,1-2H3,(H2,22,25,27,28). The molecule has 0 unspecified atom stereocenters. The number of carbonyl (C=O) groups is 2. The van der Waals surface area contributed by atoms with Crippen molar-refractivity contribution in [1.29, 1.82) is 0 Å². The van der Waals surface area contributed by atoms with Crippen LogP contribution < -0.4 is 10.6 Å². The van der Waals surface area contributed by atoms with Crippen molar-refractivity contribution < 1.29 is 9.59 Å². The minimum absolute atomic E-state index is 0.0715. The van der Waals surface area contributed by atoms with Crippen LogP contribution in [0.4, 0.5) is 4.79 Å². The van der Waals surface area contributed by atoms with Crippen LogP contribution in [0.2, 0.25) is 0 Å². The molecule has 3 amide bonds. The summed E-state index contributed by atoms with van der Waals surface area (Å²) in [6, 6.07) is 15.2. The molecule has 4 aromatic rings. The number of urea groups is 1. The molecule has 0 aliphatic carbocycles. The molecule has 0 spiro atoms. The van der Waals surface area contributed by atoms with Crippen molar-refractivity contribution in [3.05, 3.63) is 48.5 Å². The van der Waals surface area contributed by atoms with Crippen LogP contribution in [0.15, 0.2) is 53.7 Å². The summed E-state index contributed by atoms with van der Waals surface area (Å²) in [6.45, 7) is 4.49. The van der Waals surface area contributed by atoms with Crippen LogP contribution in [0.25, 0.3) is 27.6 Å². The zero-order chi connectivity index (χ0) is 20.4. The van der Waals surface area contributed by atoms with Crippen molar-refractivity contribution >= 4 is 51.3 Å². The van der Waals surface area contributed by atoms with Gasteiger partial charge in [-0.15, -0.1) is 0 Å². The topological polar surface area (TPSA) is 88.4 Å². The lowest BCUT2D eigenvalue weighted by atomic mass is 10.2. The lowest BCUT2D eigenvalue weighted by Gasteiger charge is -2.10. The molecule has 0 aliphatic heterocycles. The highest BCUT2D eigenvalue weighted by molar-refractivity contribution is 7.99. The van der Waals surface area contributed by atoms with E-state index in [2.05, 4.69) is 10.6 Å².